The van der Waals surface area contributed by atoms with Crippen molar-refractivity contribution >= 4 is 5.78 Å². The van der Waals surface area contributed by atoms with Crippen molar-refractivity contribution in [1.29, 1.82) is 0 Å². The lowest BCUT2D eigenvalue weighted by Gasteiger charge is -2.58. The van der Waals surface area contributed by atoms with Crippen molar-refractivity contribution in [2.24, 2.45) is 34.5 Å². The van der Waals surface area contributed by atoms with E-state index in [0.29, 0.717) is 30.0 Å². The van der Waals surface area contributed by atoms with Crippen LogP contribution in [0, 0.1) is 34.5 Å². The van der Waals surface area contributed by atoms with Gasteiger partial charge in [-0.2, -0.15) is 0 Å². The number of carbonyl (C=O) groups is 1. The molecule has 4 aliphatic carbocycles. The number of hydrogen-bond donors (Lipinski definition) is 2. The minimum Gasteiger partial charge on any atom is -0.365 e. The molecular formula is C20H30O3. The molecule has 3 nitrogen and oxygen atoms in total. The van der Waals surface area contributed by atoms with Gasteiger partial charge >= 0.3 is 0 Å². The highest BCUT2D eigenvalue weighted by molar-refractivity contribution is 5.91. The van der Waals surface area contributed by atoms with E-state index in [1.807, 2.05) is 13.0 Å². The highest BCUT2D eigenvalue weighted by atomic mass is 16.5. The molecule has 3 fully saturated rings. The van der Waals surface area contributed by atoms with E-state index >= 15 is 0 Å². The summed E-state index contributed by atoms with van der Waals surface area (Å²) in [5.74, 6) is 0.317. The van der Waals surface area contributed by atoms with Gasteiger partial charge in [0.15, 0.2) is 11.6 Å². The Hall–Kier alpha value is -0.670. The van der Waals surface area contributed by atoms with Gasteiger partial charge in [0.1, 0.15) is 0 Å². The fourth-order valence-electron chi connectivity index (χ4n) is 6.88. The van der Waals surface area contributed by atoms with E-state index < -0.39 is 5.79 Å². The van der Waals surface area contributed by atoms with Crippen LogP contribution in [-0.4, -0.2) is 21.8 Å². The van der Waals surface area contributed by atoms with Crippen molar-refractivity contribution in [3.05, 3.63) is 11.6 Å². The molecule has 23 heavy (non-hydrogen) atoms. The summed E-state index contributed by atoms with van der Waals surface area (Å²) < 4.78 is 0. The first-order chi connectivity index (χ1) is 10.7. The van der Waals surface area contributed by atoms with Crippen molar-refractivity contribution in [3.8, 4) is 0 Å². The first kappa shape index (κ1) is 15.8. The first-order valence-electron chi connectivity index (χ1n) is 9.39. The summed E-state index contributed by atoms with van der Waals surface area (Å²) in [5, 5.41) is 21.5. The molecule has 0 saturated heterocycles. The van der Waals surface area contributed by atoms with Crippen LogP contribution in [0.2, 0.25) is 0 Å². The largest absolute Gasteiger partial charge is 0.365 e. The highest BCUT2D eigenvalue weighted by Crippen LogP contribution is 2.67. The van der Waals surface area contributed by atoms with Crippen LogP contribution in [-0.2, 0) is 4.79 Å². The third-order valence-corrected chi connectivity index (χ3v) is 8.49. The molecule has 2 N–H and O–H groups in total. The van der Waals surface area contributed by atoms with Crippen molar-refractivity contribution < 1.29 is 15.0 Å². The summed E-state index contributed by atoms with van der Waals surface area (Å²) in [6.45, 7) is 6.47. The van der Waals surface area contributed by atoms with E-state index in [0.717, 1.165) is 38.5 Å². The Morgan fingerprint density at radius 3 is 2.57 bits per heavy atom. The molecule has 0 amide bonds. The fourth-order valence-corrected chi connectivity index (χ4v) is 6.88. The summed E-state index contributed by atoms with van der Waals surface area (Å²) in [5.41, 5.74) is 1.18. The van der Waals surface area contributed by atoms with Crippen molar-refractivity contribution in [2.45, 2.75) is 71.5 Å². The third-order valence-electron chi connectivity index (χ3n) is 8.49. The van der Waals surface area contributed by atoms with Crippen LogP contribution < -0.4 is 0 Å². The van der Waals surface area contributed by atoms with E-state index in [9.17, 15) is 15.0 Å². The van der Waals surface area contributed by atoms with Crippen molar-refractivity contribution in [3.63, 3.8) is 0 Å². The average molecular weight is 318 g/mol. The Morgan fingerprint density at radius 1 is 1.09 bits per heavy atom. The molecule has 4 aliphatic rings. The van der Waals surface area contributed by atoms with E-state index in [1.165, 1.54) is 5.57 Å². The molecular weight excluding hydrogens is 288 g/mol. The Balaban J connectivity index is 1.71. The summed E-state index contributed by atoms with van der Waals surface area (Å²) in [6, 6.07) is 0. The summed E-state index contributed by atoms with van der Waals surface area (Å²) >= 11 is 0. The fraction of sp³-hybridized carbons (Fsp3) is 0.850. The average Bonchev–Trinajstić information content (AvgIpc) is 2.67. The summed E-state index contributed by atoms with van der Waals surface area (Å²) in [6.07, 6.45) is 8.64. The SMILES string of the molecule is CC1C[C@H]2[C@@H]3CCC4=CC(=O)CC[C@]4(C)[C@@H]3CC[C@]2(C)C1(O)O. The number of carbonyl (C=O) groups excluding carboxylic acids is 1. The molecule has 0 aliphatic heterocycles. The number of fused-ring (bicyclic) bond motifs is 5. The second-order valence-electron chi connectivity index (χ2n) is 9.29. The predicted molar refractivity (Wildman–Crippen MR) is 88.4 cm³/mol. The maximum atomic E-state index is 11.8. The molecule has 0 aromatic heterocycles. The summed E-state index contributed by atoms with van der Waals surface area (Å²) in [7, 11) is 0. The Morgan fingerprint density at radius 2 is 1.83 bits per heavy atom. The van der Waals surface area contributed by atoms with Gasteiger partial charge in [0.25, 0.3) is 0 Å². The van der Waals surface area contributed by atoms with Crippen molar-refractivity contribution in [2.75, 3.05) is 0 Å². The van der Waals surface area contributed by atoms with Crippen molar-refractivity contribution in [1.82, 2.24) is 0 Å². The van der Waals surface area contributed by atoms with Crippen LogP contribution in [0.15, 0.2) is 11.6 Å². The van der Waals surface area contributed by atoms with Gasteiger partial charge in [0.2, 0.25) is 0 Å². The number of allylic oxidation sites excluding steroid dienone is 1. The lowest BCUT2D eigenvalue weighted by molar-refractivity contribution is -0.264. The van der Waals surface area contributed by atoms with Gasteiger partial charge in [-0.05, 0) is 67.8 Å². The van der Waals surface area contributed by atoms with Gasteiger partial charge in [-0.3, -0.25) is 4.79 Å². The van der Waals surface area contributed by atoms with Gasteiger partial charge in [-0.15, -0.1) is 0 Å². The van der Waals surface area contributed by atoms with Gasteiger partial charge in [-0.1, -0.05) is 26.3 Å². The number of rotatable bonds is 0. The lowest BCUT2D eigenvalue weighted by Crippen LogP contribution is -2.55. The Kier molecular flexibility index (Phi) is 3.23. The molecule has 128 valence electrons. The first-order valence-corrected chi connectivity index (χ1v) is 9.39. The van der Waals surface area contributed by atoms with E-state index in [-0.39, 0.29) is 16.7 Å². The third kappa shape index (κ3) is 1.87. The van der Waals surface area contributed by atoms with E-state index in [2.05, 4.69) is 13.8 Å². The Labute approximate surface area is 139 Å². The number of hydrogen-bond acceptors (Lipinski definition) is 3. The molecule has 0 radical (unpaired) electrons. The number of aliphatic hydroxyl groups is 2. The highest BCUT2D eigenvalue weighted by Gasteiger charge is 2.66. The van der Waals surface area contributed by atoms with E-state index in [1.54, 1.807) is 0 Å². The molecule has 4 rings (SSSR count). The van der Waals surface area contributed by atoms with Crippen LogP contribution in [0.5, 0.6) is 0 Å². The van der Waals surface area contributed by atoms with Gasteiger partial charge < -0.3 is 10.2 Å². The van der Waals surface area contributed by atoms with Crippen LogP contribution in [0.3, 0.4) is 0 Å². The molecule has 0 bridgehead atoms. The zero-order chi connectivity index (χ0) is 16.6. The van der Waals surface area contributed by atoms with Gasteiger partial charge in [0, 0.05) is 17.8 Å². The number of ketones is 1. The zero-order valence-electron chi connectivity index (χ0n) is 14.6. The van der Waals surface area contributed by atoms with Gasteiger partial charge in [0.05, 0.1) is 0 Å². The monoisotopic (exact) mass is 318 g/mol. The molecule has 1 unspecified atom stereocenters. The molecule has 0 heterocycles. The van der Waals surface area contributed by atoms with Crippen LogP contribution in [0.4, 0.5) is 0 Å². The minimum atomic E-state index is -1.53. The minimum absolute atomic E-state index is 0.0473. The molecule has 3 heteroatoms. The zero-order valence-corrected chi connectivity index (χ0v) is 14.6. The Bertz CT molecular complexity index is 577. The van der Waals surface area contributed by atoms with Gasteiger partial charge in [-0.25, -0.2) is 0 Å². The smallest absolute Gasteiger partial charge is 0.170 e. The maximum absolute atomic E-state index is 11.8. The molecule has 0 spiro atoms. The lowest BCUT2D eigenvalue weighted by atomic mass is 9.47. The van der Waals surface area contributed by atoms with E-state index in [4.69, 9.17) is 0 Å². The predicted octanol–water partition coefficient (Wildman–Crippen LogP) is 3.45. The molecule has 6 atom stereocenters. The van der Waals surface area contributed by atoms with Crippen LogP contribution in [0.25, 0.3) is 0 Å². The molecule has 3 saturated carbocycles. The quantitative estimate of drug-likeness (QED) is 0.673. The normalized spacial score (nSPS) is 51.5. The van der Waals surface area contributed by atoms with Crippen LogP contribution >= 0.6 is 0 Å². The summed E-state index contributed by atoms with van der Waals surface area (Å²) in [4.78, 5) is 11.8. The molecule has 0 aromatic rings. The van der Waals surface area contributed by atoms with Crippen LogP contribution in [0.1, 0.15) is 65.7 Å². The molecule has 0 aromatic carbocycles. The topological polar surface area (TPSA) is 57.5 Å². The second kappa shape index (κ2) is 4.70. The second-order valence-corrected chi connectivity index (χ2v) is 9.29. The standard InChI is InChI=1S/C20H30O3/c1-12-10-17-15-5-4-13-11-14(21)6-8-18(13,2)16(15)7-9-19(17,3)20(12,22)23/h11-12,15-17,22-23H,4-10H2,1-3H3/t12?,15-,16-,17+,18+,19+/m1/s1. The maximum Gasteiger partial charge on any atom is 0.170 e.